The number of nitrogens with zero attached hydrogens (tertiary/aromatic N) is 2. The Hall–Kier alpha value is -3.23. The number of para-hydroxylation sites is 1. The lowest BCUT2D eigenvalue weighted by Crippen LogP contribution is -2.53. The van der Waals surface area contributed by atoms with Gasteiger partial charge in [0, 0.05) is 24.2 Å². The molecule has 3 atom stereocenters. The summed E-state index contributed by atoms with van der Waals surface area (Å²) in [6.07, 6.45) is 2.97. The van der Waals surface area contributed by atoms with Crippen LogP contribution in [0, 0.1) is 5.92 Å². The number of aromatic nitrogens is 2. The van der Waals surface area contributed by atoms with Crippen molar-refractivity contribution in [3.63, 3.8) is 0 Å². The van der Waals surface area contributed by atoms with Gasteiger partial charge in [0.05, 0.1) is 33.4 Å². The number of amides is 2. The smallest absolute Gasteiger partial charge is 0.328 e. The Labute approximate surface area is 182 Å². The zero-order chi connectivity index (χ0) is 22.5. The summed E-state index contributed by atoms with van der Waals surface area (Å²) in [5.74, 6) is 0.563. The van der Waals surface area contributed by atoms with Gasteiger partial charge in [-0.2, -0.15) is 0 Å². The highest BCUT2D eigenvalue weighted by atomic mass is 16.5. The van der Waals surface area contributed by atoms with E-state index in [1.54, 1.807) is 31.5 Å². The van der Waals surface area contributed by atoms with Gasteiger partial charge in [-0.25, -0.2) is 14.6 Å². The summed E-state index contributed by atoms with van der Waals surface area (Å²) in [7, 11) is 4.46. The van der Waals surface area contributed by atoms with Crippen molar-refractivity contribution in [2.24, 2.45) is 5.92 Å². The van der Waals surface area contributed by atoms with E-state index in [0.29, 0.717) is 24.5 Å². The number of carbonyl (C=O) groups is 2. The molecule has 2 amide bonds. The van der Waals surface area contributed by atoms with Gasteiger partial charge >= 0.3 is 12.0 Å². The summed E-state index contributed by atoms with van der Waals surface area (Å²) in [6.45, 7) is 4.32. The molecule has 0 spiro atoms. The number of ether oxygens (including phenoxy) is 3. The Morgan fingerprint density at radius 3 is 2.71 bits per heavy atom. The molecule has 3 rings (SSSR count). The normalized spacial score (nSPS) is 17.3. The predicted molar refractivity (Wildman–Crippen MR) is 114 cm³/mol. The van der Waals surface area contributed by atoms with Crippen molar-refractivity contribution in [1.82, 2.24) is 20.2 Å². The average Bonchev–Trinajstić information content (AvgIpc) is 3.29. The fourth-order valence-electron chi connectivity index (χ4n) is 3.95. The number of rotatable bonds is 7. The fraction of sp³-hybridized carbons (Fsp3) is 0.500. The van der Waals surface area contributed by atoms with Crippen LogP contribution in [0.4, 0.5) is 4.79 Å². The van der Waals surface area contributed by atoms with E-state index < -0.39 is 18.1 Å². The minimum absolute atomic E-state index is 0.0769. The van der Waals surface area contributed by atoms with E-state index in [1.165, 1.54) is 7.11 Å². The van der Waals surface area contributed by atoms with Gasteiger partial charge in [0.2, 0.25) is 0 Å². The maximum Gasteiger partial charge on any atom is 0.328 e. The van der Waals surface area contributed by atoms with Crippen LogP contribution in [0.25, 0.3) is 0 Å². The quantitative estimate of drug-likeness (QED) is 0.654. The number of nitrogens with one attached hydrogen (secondary N) is 2. The minimum Gasteiger partial charge on any atom is -0.493 e. The highest BCUT2D eigenvalue weighted by molar-refractivity contribution is 5.84. The molecule has 168 valence electrons. The molecule has 1 aliphatic rings. The summed E-state index contributed by atoms with van der Waals surface area (Å²) in [6, 6.07) is 3.94. The van der Waals surface area contributed by atoms with Crippen molar-refractivity contribution >= 4 is 12.0 Å². The summed E-state index contributed by atoms with van der Waals surface area (Å²) >= 11 is 0. The second-order valence-electron chi connectivity index (χ2n) is 7.53. The molecule has 1 aliphatic heterocycles. The van der Waals surface area contributed by atoms with Crippen LogP contribution in [0.2, 0.25) is 0 Å². The first-order chi connectivity index (χ1) is 15.0. The molecule has 2 aromatic rings. The molecule has 9 heteroatoms. The summed E-state index contributed by atoms with van der Waals surface area (Å²) < 4.78 is 16.0. The van der Waals surface area contributed by atoms with Gasteiger partial charge in [-0.05, 0) is 12.0 Å². The molecule has 2 N–H and O–H groups in total. The number of methoxy groups -OCH3 is 3. The van der Waals surface area contributed by atoms with Crippen molar-refractivity contribution in [3.8, 4) is 11.5 Å². The lowest BCUT2D eigenvalue weighted by atomic mass is 9.94. The molecule has 0 fully saturated rings. The average molecular weight is 431 g/mol. The number of aromatic amines is 1. The van der Waals surface area contributed by atoms with Crippen LogP contribution in [0.3, 0.4) is 0 Å². The van der Waals surface area contributed by atoms with Gasteiger partial charge in [-0.15, -0.1) is 0 Å². The van der Waals surface area contributed by atoms with E-state index in [9.17, 15) is 9.59 Å². The second kappa shape index (κ2) is 9.72. The molecular formula is C22H30N4O5. The third kappa shape index (κ3) is 4.30. The van der Waals surface area contributed by atoms with Gasteiger partial charge in [0.25, 0.3) is 0 Å². The number of urea groups is 1. The first kappa shape index (κ1) is 22.5. The van der Waals surface area contributed by atoms with Crippen molar-refractivity contribution < 1.29 is 23.8 Å². The molecule has 1 aromatic carbocycles. The van der Waals surface area contributed by atoms with Gasteiger partial charge in [-0.1, -0.05) is 32.4 Å². The predicted octanol–water partition coefficient (Wildman–Crippen LogP) is 2.67. The molecule has 0 aliphatic carbocycles. The topological polar surface area (TPSA) is 106 Å². The fourth-order valence-corrected chi connectivity index (χ4v) is 3.95. The first-order valence-electron chi connectivity index (χ1n) is 10.3. The number of H-pyrrole nitrogens is 1. The first-order valence-corrected chi connectivity index (χ1v) is 10.3. The Morgan fingerprint density at radius 1 is 1.29 bits per heavy atom. The molecule has 0 saturated heterocycles. The summed E-state index contributed by atoms with van der Waals surface area (Å²) in [5.41, 5.74) is 2.46. The largest absolute Gasteiger partial charge is 0.493 e. The van der Waals surface area contributed by atoms with Crippen LogP contribution < -0.4 is 14.8 Å². The van der Waals surface area contributed by atoms with Crippen molar-refractivity contribution in [2.45, 2.75) is 38.8 Å². The number of esters is 1. The van der Waals surface area contributed by atoms with Crippen LogP contribution in [0.5, 0.6) is 11.5 Å². The number of hydrogen-bond donors (Lipinski definition) is 2. The van der Waals surface area contributed by atoms with E-state index in [0.717, 1.165) is 23.4 Å². The molecule has 0 bridgehead atoms. The Bertz CT molecular complexity index is 928. The van der Waals surface area contributed by atoms with Gasteiger partial charge in [-0.3, -0.25) is 0 Å². The standard InChI is InChI=1S/C22H30N4O5/c1-6-13(2)17(21(27)31-5)25-22(28)26-11-10-15-18(24-12-23-15)19(26)14-8-7-9-16(29-3)20(14)30-4/h7-9,12-13,17,19H,6,10-11H2,1-5H3,(H,23,24)(H,25,28). The van der Waals surface area contributed by atoms with Gasteiger partial charge in [0.1, 0.15) is 12.1 Å². The van der Waals surface area contributed by atoms with Crippen LogP contribution >= 0.6 is 0 Å². The molecule has 2 heterocycles. The molecular weight excluding hydrogens is 400 g/mol. The lowest BCUT2D eigenvalue weighted by Gasteiger charge is -2.37. The maximum atomic E-state index is 13.4. The van der Waals surface area contributed by atoms with E-state index >= 15 is 0 Å². The highest BCUT2D eigenvalue weighted by Gasteiger charge is 2.38. The number of carbonyl (C=O) groups excluding carboxylic acids is 2. The molecule has 9 nitrogen and oxygen atoms in total. The van der Waals surface area contributed by atoms with Gasteiger partial charge < -0.3 is 29.4 Å². The SMILES string of the molecule is CCC(C)C(NC(=O)N1CCc2[nH]cnc2C1c1cccc(OC)c1OC)C(=O)OC. The van der Waals surface area contributed by atoms with E-state index in [2.05, 4.69) is 15.3 Å². The number of imidazole rings is 1. The van der Waals surface area contributed by atoms with E-state index in [-0.39, 0.29) is 11.9 Å². The van der Waals surface area contributed by atoms with Crippen LogP contribution in [0.1, 0.15) is 43.3 Å². The number of benzene rings is 1. The summed E-state index contributed by atoms with van der Waals surface area (Å²) in [5, 5.41) is 2.88. The van der Waals surface area contributed by atoms with Crippen LogP contribution in [0.15, 0.2) is 24.5 Å². The van der Waals surface area contributed by atoms with Crippen molar-refractivity contribution in [1.29, 1.82) is 0 Å². The molecule has 1 aromatic heterocycles. The van der Waals surface area contributed by atoms with E-state index in [4.69, 9.17) is 14.2 Å². The zero-order valence-corrected chi connectivity index (χ0v) is 18.6. The summed E-state index contributed by atoms with van der Waals surface area (Å²) in [4.78, 5) is 35.1. The van der Waals surface area contributed by atoms with Crippen LogP contribution in [-0.4, -0.2) is 60.8 Å². The van der Waals surface area contributed by atoms with E-state index in [1.807, 2.05) is 26.0 Å². The Balaban J connectivity index is 2.02. The van der Waals surface area contributed by atoms with Crippen LogP contribution in [-0.2, 0) is 16.0 Å². The second-order valence-corrected chi connectivity index (χ2v) is 7.53. The Kier molecular flexibility index (Phi) is 7.04. The third-order valence-electron chi connectivity index (χ3n) is 5.86. The lowest BCUT2D eigenvalue weighted by molar-refractivity contribution is -0.144. The van der Waals surface area contributed by atoms with Gasteiger partial charge in [0.15, 0.2) is 11.5 Å². The minimum atomic E-state index is -0.740. The number of fused-ring (bicyclic) bond motifs is 1. The number of hydrogen-bond acceptors (Lipinski definition) is 6. The monoisotopic (exact) mass is 430 g/mol. The Morgan fingerprint density at radius 2 is 2.06 bits per heavy atom. The molecule has 3 unspecified atom stereocenters. The zero-order valence-electron chi connectivity index (χ0n) is 18.6. The highest BCUT2D eigenvalue weighted by Crippen LogP contribution is 2.42. The van der Waals surface area contributed by atoms with Crippen molar-refractivity contribution in [3.05, 3.63) is 41.5 Å². The maximum absolute atomic E-state index is 13.4. The van der Waals surface area contributed by atoms with Crippen molar-refractivity contribution in [2.75, 3.05) is 27.9 Å². The molecule has 31 heavy (non-hydrogen) atoms. The molecule has 0 radical (unpaired) electrons. The third-order valence-corrected chi connectivity index (χ3v) is 5.86. The molecule has 0 saturated carbocycles.